The van der Waals surface area contributed by atoms with Crippen LogP contribution in [0.2, 0.25) is 0 Å². The van der Waals surface area contributed by atoms with Crippen molar-refractivity contribution in [2.75, 3.05) is 12.4 Å². The van der Waals surface area contributed by atoms with E-state index < -0.39 is 0 Å². The Morgan fingerprint density at radius 1 is 1.10 bits per heavy atom. The molecule has 1 amide bonds. The molecule has 0 spiro atoms. The predicted octanol–water partition coefficient (Wildman–Crippen LogP) is 6.44. The molecule has 31 heavy (non-hydrogen) atoms. The average molecular weight is 484 g/mol. The molecule has 0 bridgehead atoms. The van der Waals surface area contributed by atoms with Gasteiger partial charge in [0.25, 0.3) is 0 Å². The highest BCUT2D eigenvalue weighted by Crippen LogP contribution is 2.37. The number of halogens is 2. The van der Waals surface area contributed by atoms with Gasteiger partial charge in [-0.1, -0.05) is 24.3 Å². The first-order valence-electron chi connectivity index (χ1n) is 9.67. The van der Waals surface area contributed by atoms with Crippen LogP contribution in [-0.2, 0) is 11.4 Å². The van der Waals surface area contributed by atoms with E-state index in [1.54, 1.807) is 36.4 Å². The van der Waals surface area contributed by atoms with Crippen LogP contribution < -0.4 is 14.8 Å². The Labute approximate surface area is 189 Å². The molecule has 6 heteroatoms. The Morgan fingerprint density at radius 3 is 2.58 bits per heavy atom. The Kier molecular flexibility index (Phi) is 7.47. The summed E-state index contributed by atoms with van der Waals surface area (Å²) >= 11 is 3.47. The lowest BCUT2D eigenvalue weighted by Crippen LogP contribution is -2.08. The van der Waals surface area contributed by atoms with Gasteiger partial charge in [-0.25, -0.2) is 4.39 Å². The van der Waals surface area contributed by atoms with E-state index in [0.29, 0.717) is 21.5 Å². The minimum Gasteiger partial charge on any atom is -0.493 e. The Bertz CT molecular complexity index is 1130. The smallest absolute Gasteiger partial charge is 0.248 e. The normalized spacial score (nSPS) is 10.9. The number of carbonyl (C=O) groups excluding carboxylic acids is 1. The number of rotatable bonds is 7. The number of benzene rings is 3. The molecule has 0 fully saturated rings. The van der Waals surface area contributed by atoms with Crippen LogP contribution in [0.3, 0.4) is 0 Å². The van der Waals surface area contributed by atoms with Gasteiger partial charge in [0.05, 0.1) is 11.6 Å². The topological polar surface area (TPSA) is 47.6 Å². The van der Waals surface area contributed by atoms with E-state index in [2.05, 4.69) is 21.2 Å². The Hall–Kier alpha value is -3.12. The third-order valence-electron chi connectivity index (χ3n) is 4.78. The summed E-state index contributed by atoms with van der Waals surface area (Å²) < 4.78 is 25.7. The molecule has 0 saturated heterocycles. The highest BCUT2D eigenvalue weighted by molar-refractivity contribution is 9.10. The van der Waals surface area contributed by atoms with E-state index in [0.717, 1.165) is 16.8 Å². The Morgan fingerprint density at radius 2 is 1.87 bits per heavy atom. The second-order valence-electron chi connectivity index (χ2n) is 7.04. The van der Waals surface area contributed by atoms with Crippen LogP contribution in [0.1, 0.15) is 22.3 Å². The van der Waals surface area contributed by atoms with Gasteiger partial charge in [0.2, 0.25) is 5.91 Å². The SMILES string of the molecule is COc1cc(/C=C/C(=O)Nc2ccc(C)c(C)c2)cc(Br)c1OCc1ccccc1F. The van der Waals surface area contributed by atoms with Crippen molar-refractivity contribution in [3.05, 3.63) is 93.2 Å². The summed E-state index contributed by atoms with van der Waals surface area (Å²) in [6.07, 6.45) is 3.14. The molecule has 0 aliphatic carbocycles. The molecular weight excluding hydrogens is 461 g/mol. The first-order valence-corrected chi connectivity index (χ1v) is 10.5. The molecule has 0 unspecified atom stereocenters. The van der Waals surface area contributed by atoms with Crippen molar-refractivity contribution >= 4 is 33.6 Å². The first kappa shape index (κ1) is 22.6. The third-order valence-corrected chi connectivity index (χ3v) is 5.37. The van der Waals surface area contributed by atoms with Crippen LogP contribution in [0.5, 0.6) is 11.5 Å². The molecule has 3 rings (SSSR count). The standard InChI is InChI=1S/C25H23BrFNO3/c1-16-8-10-20(12-17(16)2)28-24(29)11-9-18-13-21(26)25(23(14-18)30-3)31-15-19-6-4-5-7-22(19)27/h4-14H,15H2,1-3H3,(H,28,29)/b11-9+. The third kappa shape index (κ3) is 5.95. The molecule has 0 radical (unpaired) electrons. The van der Waals surface area contributed by atoms with Gasteiger partial charge in [-0.3, -0.25) is 4.79 Å². The van der Waals surface area contributed by atoms with Crippen molar-refractivity contribution in [2.45, 2.75) is 20.5 Å². The van der Waals surface area contributed by atoms with Crippen LogP contribution in [0.15, 0.2) is 65.1 Å². The molecule has 0 aromatic heterocycles. The summed E-state index contributed by atoms with van der Waals surface area (Å²) in [5, 5.41) is 2.85. The number of amides is 1. The highest BCUT2D eigenvalue weighted by atomic mass is 79.9. The van der Waals surface area contributed by atoms with Crippen molar-refractivity contribution in [1.29, 1.82) is 0 Å². The fourth-order valence-corrected chi connectivity index (χ4v) is 3.49. The molecule has 0 saturated carbocycles. The van der Waals surface area contributed by atoms with E-state index in [-0.39, 0.29) is 18.3 Å². The van der Waals surface area contributed by atoms with Crippen molar-refractivity contribution < 1.29 is 18.7 Å². The van der Waals surface area contributed by atoms with Gasteiger partial charge in [-0.05, 0) is 82.9 Å². The number of hydrogen-bond acceptors (Lipinski definition) is 3. The van der Waals surface area contributed by atoms with E-state index >= 15 is 0 Å². The minimum atomic E-state index is -0.327. The van der Waals surface area contributed by atoms with Crippen LogP contribution in [0.4, 0.5) is 10.1 Å². The number of ether oxygens (including phenoxy) is 2. The molecule has 0 aliphatic rings. The summed E-state index contributed by atoms with van der Waals surface area (Å²) in [6, 6.07) is 15.8. The van der Waals surface area contributed by atoms with Crippen molar-refractivity contribution in [2.24, 2.45) is 0 Å². The lowest BCUT2D eigenvalue weighted by molar-refractivity contribution is -0.111. The van der Waals surface area contributed by atoms with E-state index in [1.807, 2.05) is 32.0 Å². The zero-order chi connectivity index (χ0) is 22.4. The van der Waals surface area contributed by atoms with Crippen molar-refractivity contribution in [3.8, 4) is 11.5 Å². The van der Waals surface area contributed by atoms with Gasteiger partial charge in [-0.15, -0.1) is 0 Å². The largest absolute Gasteiger partial charge is 0.493 e. The van der Waals surface area contributed by atoms with Gasteiger partial charge in [0.15, 0.2) is 11.5 Å². The van der Waals surface area contributed by atoms with E-state index in [1.165, 1.54) is 24.8 Å². The van der Waals surface area contributed by atoms with Crippen molar-refractivity contribution in [1.82, 2.24) is 0 Å². The van der Waals surface area contributed by atoms with E-state index in [4.69, 9.17) is 9.47 Å². The number of hydrogen-bond donors (Lipinski definition) is 1. The quantitative estimate of drug-likeness (QED) is 0.393. The average Bonchev–Trinajstić information content (AvgIpc) is 2.75. The van der Waals surface area contributed by atoms with Gasteiger partial charge in [0.1, 0.15) is 12.4 Å². The summed E-state index contributed by atoms with van der Waals surface area (Å²) in [6.45, 7) is 4.09. The molecule has 0 heterocycles. The minimum absolute atomic E-state index is 0.0647. The van der Waals surface area contributed by atoms with Gasteiger partial charge >= 0.3 is 0 Å². The number of nitrogens with one attached hydrogen (secondary N) is 1. The first-order chi connectivity index (χ1) is 14.9. The molecule has 4 nitrogen and oxygen atoms in total. The number of carbonyl (C=O) groups is 1. The predicted molar refractivity (Wildman–Crippen MR) is 125 cm³/mol. The fourth-order valence-electron chi connectivity index (χ4n) is 2.92. The number of methoxy groups -OCH3 is 1. The summed E-state index contributed by atoms with van der Waals surface area (Å²) in [4.78, 5) is 12.3. The molecular formula is C25H23BrFNO3. The monoisotopic (exact) mass is 483 g/mol. The molecule has 160 valence electrons. The van der Waals surface area contributed by atoms with E-state index in [9.17, 15) is 9.18 Å². The lowest BCUT2D eigenvalue weighted by Gasteiger charge is -2.14. The molecule has 0 aliphatic heterocycles. The van der Waals surface area contributed by atoms with Crippen LogP contribution in [0.25, 0.3) is 6.08 Å². The zero-order valence-electron chi connectivity index (χ0n) is 17.5. The highest BCUT2D eigenvalue weighted by Gasteiger charge is 2.12. The molecule has 3 aromatic carbocycles. The molecule has 0 atom stereocenters. The fraction of sp³-hybridized carbons (Fsp3) is 0.160. The second kappa shape index (κ2) is 10.3. The van der Waals surface area contributed by atoms with Gasteiger partial charge < -0.3 is 14.8 Å². The second-order valence-corrected chi connectivity index (χ2v) is 7.89. The summed E-state index contributed by atoms with van der Waals surface area (Å²) in [5.41, 5.74) is 4.22. The summed E-state index contributed by atoms with van der Waals surface area (Å²) in [5.74, 6) is 0.368. The zero-order valence-corrected chi connectivity index (χ0v) is 19.1. The lowest BCUT2D eigenvalue weighted by atomic mass is 10.1. The van der Waals surface area contributed by atoms with Crippen LogP contribution in [0, 0.1) is 19.7 Å². The maximum Gasteiger partial charge on any atom is 0.248 e. The summed E-state index contributed by atoms with van der Waals surface area (Å²) in [7, 11) is 1.53. The molecule has 1 N–H and O–H groups in total. The van der Waals surface area contributed by atoms with Crippen LogP contribution >= 0.6 is 15.9 Å². The van der Waals surface area contributed by atoms with Gasteiger partial charge in [0, 0.05) is 17.3 Å². The maximum absolute atomic E-state index is 13.8. The Balaban J connectivity index is 1.71. The number of aryl methyl sites for hydroxylation is 2. The van der Waals surface area contributed by atoms with Gasteiger partial charge in [-0.2, -0.15) is 0 Å². The maximum atomic E-state index is 13.8. The van der Waals surface area contributed by atoms with Crippen molar-refractivity contribution in [3.63, 3.8) is 0 Å². The molecule has 3 aromatic rings. The number of anilines is 1. The van der Waals surface area contributed by atoms with Crippen LogP contribution in [-0.4, -0.2) is 13.0 Å².